The molecule has 5 nitrogen and oxygen atoms in total. The van der Waals surface area contributed by atoms with Crippen LogP contribution >= 0.6 is 11.3 Å². The van der Waals surface area contributed by atoms with Crippen molar-refractivity contribution in [3.63, 3.8) is 0 Å². The Morgan fingerprint density at radius 2 is 2.44 bits per heavy atom. The number of thiazole rings is 1. The lowest BCUT2D eigenvalue weighted by atomic mass is 9.91. The molecule has 1 aliphatic rings. The number of carbonyl (C=O) groups excluding carboxylic acids is 1. The number of aliphatic hydroxyl groups is 1. The van der Waals surface area contributed by atoms with Crippen LogP contribution in [0.15, 0.2) is 5.38 Å². The Kier molecular flexibility index (Phi) is 4.68. The molecule has 0 bridgehead atoms. The number of aromatic nitrogens is 1. The predicted octanol–water partition coefficient (Wildman–Crippen LogP) is 1.45. The number of aliphatic hydroxyl groups excluding tert-OH is 1. The molecule has 1 heterocycles. The van der Waals surface area contributed by atoms with Crippen LogP contribution < -0.4 is 5.32 Å². The maximum absolute atomic E-state index is 10.9. The SMILES string of the molecule is CC(=O)Nc1nc(CN(CCO)C2CCC2)cs1. The van der Waals surface area contributed by atoms with Crippen molar-refractivity contribution >= 4 is 22.4 Å². The van der Waals surface area contributed by atoms with Gasteiger partial charge in [0.25, 0.3) is 0 Å². The zero-order valence-electron chi connectivity index (χ0n) is 10.6. The molecule has 1 aromatic heterocycles. The highest BCUT2D eigenvalue weighted by atomic mass is 32.1. The van der Waals surface area contributed by atoms with Crippen molar-refractivity contribution in [2.24, 2.45) is 0 Å². The average molecular weight is 269 g/mol. The Labute approximate surface area is 111 Å². The fourth-order valence-corrected chi connectivity index (χ4v) is 2.81. The Bertz CT molecular complexity index is 404. The Morgan fingerprint density at radius 3 is 3.00 bits per heavy atom. The zero-order chi connectivity index (χ0) is 13.0. The summed E-state index contributed by atoms with van der Waals surface area (Å²) in [5.74, 6) is -0.0953. The van der Waals surface area contributed by atoms with Crippen LogP contribution in [0.5, 0.6) is 0 Å². The van der Waals surface area contributed by atoms with Gasteiger partial charge in [0.1, 0.15) is 0 Å². The normalized spacial score (nSPS) is 15.7. The largest absolute Gasteiger partial charge is 0.395 e. The van der Waals surface area contributed by atoms with Crippen LogP contribution in [0.3, 0.4) is 0 Å². The van der Waals surface area contributed by atoms with Gasteiger partial charge in [0.15, 0.2) is 5.13 Å². The van der Waals surface area contributed by atoms with E-state index in [4.69, 9.17) is 5.11 Å². The Hall–Kier alpha value is -0.980. The van der Waals surface area contributed by atoms with Crippen LogP contribution in [-0.2, 0) is 11.3 Å². The van der Waals surface area contributed by atoms with Crippen LogP contribution in [-0.4, -0.2) is 40.1 Å². The first-order valence-corrected chi connectivity index (χ1v) is 7.14. The molecule has 0 saturated heterocycles. The molecule has 0 unspecified atom stereocenters. The summed E-state index contributed by atoms with van der Waals surface area (Å²) >= 11 is 1.44. The lowest BCUT2D eigenvalue weighted by Crippen LogP contribution is -2.41. The number of carbonyl (C=O) groups is 1. The molecule has 100 valence electrons. The van der Waals surface area contributed by atoms with Crippen molar-refractivity contribution < 1.29 is 9.90 Å². The van der Waals surface area contributed by atoms with Gasteiger partial charge in [0.2, 0.25) is 5.91 Å². The van der Waals surface area contributed by atoms with E-state index in [-0.39, 0.29) is 12.5 Å². The molecule has 18 heavy (non-hydrogen) atoms. The molecule has 1 aromatic rings. The first-order valence-electron chi connectivity index (χ1n) is 6.26. The summed E-state index contributed by atoms with van der Waals surface area (Å²) in [7, 11) is 0. The highest BCUT2D eigenvalue weighted by molar-refractivity contribution is 7.13. The molecule has 0 atom stereocenters. The van der Waals surface area contributed by atoms with Crippen LogP contribution in [0.1, 0.15) is 31.9 Å². The highest BCUT2D eigenvalue weighted by Gasteiger charge is 2.25. The van der Waals surface area contributed by atoms with Crippen molar-refractivity contribution in [1.82, 2.24) is 9.88 Å². The van der Waals surface area contributed by atoms with E-state index in [1.807, 2.05) is 5.38 Å². The van der Waals surface area contributed by atoms with Gasteiger partial charge in [-0.25, -0.2) is 4.98 Å². The van der Waals surface area contributed by atoms with Crippen molar-refractivity contribution in [3.05, 3.63) is 11.1 Å². The minimum absolute atomic E-state index is 0.0953. The second-order valence-corrected chi connectivity index (χ2v) is 5.46. The maximum atomic E-state index is 10.9. The lowest BCUT2D eigenvalue weighted by Gasteiger charge is -2.36. The van der Waals surface area contributed by atoms with Crippen LogP contribution in [0.2, 0.25) is 0 Å². The number of hydrogen-bond acceptors (Lipinski definition) is 5. The molecule has 6 heteroatoms. The smallest absolute Gasteiger partial charge is 0.223 e. The molecule has 1 saturated carbocycles. The third-order valence-corrected chi connectivity index (χ3v) is 3.98. The van der Waals surface area contributed by atoms with E-state index in [0.29, 0.717) is 17.7 Å². The quantitative estimate of drug-likeness (QED) is 0.820. The second-order valence-electron chi connectivity index (χ2n) is 4.60. The molecule has 0 aliphatic heterocycles. The third kappa shape index (κ3) is 3.51. The minimum atomic E-state index is -0.0953. The summed E-state index contributed by atoms with van der Waals surface area (Å²) in [5, 5.41) is 14.4. The van der Waals surface area contributed by atoms with Gasteiger partial charge >= 0.3 is 0 Å². The summed E-state index contributed by atoms with van der Waals surface area (Å²) in [6.07, 6.45) is 3.70. The van der Waals surface area contributed by atoms with Crippen molar-refractivity contribution in [2.75, 3.05) is 18.5 Å². The van der Waals surface area contributed by atoms with Gasteiger partial charge in [-0.2, -0.15) is 0 Å². The van der Waals surface area contributed by atoms with Gasteiger partial charge in [-0.1, -0.05) is 6.42 Å². The van der Waals surface area contributed by atoms with Gasteiger partial charge in [0.05, 0.1) is 12.3 Å². The molecular weight excluding hydrogens is 250 g/mol. The average Bonchev–Trinajstić information content (AvgIpc) is 2.62. The molecule has 0 radical (unpaired) electrons. The number of hydrogen-bond donors (Lipinski definition) is 2. The standard InChI is InChI=1S/C12H19N3O2S/c1-9(17)13-12-14-10(8-18-12)7-15(5-6-16)11-3-2-4-11/h8,11,16H,2-7H2,1H3,(H,13,14,17). The Balaban J connectivity index is 1.93. The first-order chi connectivity index (χ1) is 8.69. The fourth-order valence-electron chi connectivity index (χ4n) is 2.07. The number of nitrogens with zero attached hydrogens (tertiary/aromatic N) is 2. The van der Waals surface area contributed by atoms with E-state index in [1.165, 1.54) is 37.5 Å². The first kappa shape index (κ1) is 13.5. The zero-order valence-corrected chi connectivity index (χ0v) is 11.4. The molecular formula is C12H19N3O2S. The summed E-state index contributed by atoms with van der Waals surface area (Å²) in [4.78, 5) is 17.6. The second kappa shape index (κ2) is 6.26. The summed E-state index contributed by atoms with van der Waals surface area (Å²) in [5.41, 5.74) is 0.962. The number of nitrogens with one attached hydrogen (secondary N) is 1. The van der Waals surface area contributed by atoms with Crippen LogP contribution in [0.4, 0.5) is 5.13 Å². The minimum Gasteiger partial charge on any atom is -0.395 e. The maximum Gasteiger partial charge on any atom is 0.223 e. The van der Waals surface area contributed by atoms with Crippen LogP contribution in [0, 0.1) is 0 Å². The topological polar surface area (TPSA) is 65.5 Å². The molecule has 1 aliphatic carbocycles. The molecule has 2 rings (SSSR count). The number of anilines is 1. The summed E-state index contributed by atoms with van der Waals surface area (Å²) in [6, 6.07) is 0.586. The fraction of sp³-hybridized carbons (Fsp3) is 0.667. The van der Waals surface area contributed by atoms with Gasteiger partial charge in [-0.3, -0.25) is 9.69 Å². The van der Waals surface area contributed by atoms with E-state index < -0.39 is 0 Å². The lowest BCUT2D eigenvalue weighted by molar-refractivity contribution is -0.114. The molecule has 0 spiro atoms. The molecule has 2 N–H and O–H groups in total. The van der Waals surface area contributed by atoms with Crippen LogP contribution in [0.25, 0.3) is 0 Å². The monoisotopic (exact) mass is 269 g/mol. The highest BCUT2D eigenvalue weighted by Crippen LogP contribution is 2.26. The van der Waals surface area contributed by atoms with E-state index >= 15 is 0 Å². The van der Waals surface area contributed by atoms with Gasteiger partial charge in [-0.05, 0) is 12.8 Å². The molecule has 1 amide bonds. The van der Waals surface area contributed by atoms with Crippen molar-refractivity contribution in [1.29, 1.82) is 0 Å². The molecule has 1 fully saturated rings. The number of rotatable bonds is 6. The van der Waals surface area contributed by atoms with E-state index in [1.54, 1.807) is 0 Å². The van der Waals surface area contributed by atoms with E-state index in [0.717, 1.165) is 12.2 Å². The summed E-state index contributed by atoms with van der Waals surface area (Å²) < 4.78 is 0. The third-order valence-electron chi connectivity index (χ3n) is 3.18. The van der Waals surface area contributed by atoms with E-state index in [9.17, 15) is 4.79 Å². The molecule has 0 aromatic carbocycles. The van der Waals surface area contributed by atoms with Gasteiger partial charge in [-0.15, -0.1) is 11.3 Å². The van der Waals surface area contributed by atoms with E-state index in [2.05, 4.69) is 15.2 Å². The summed E-state index contributed by atoms with van der Waals surface area (Å²) in [6.45, 7) is 3.10. The predicted molar refractivity (Wildman–Crippen MR) is 71.6 cm³/mol. The van der Waals surface area contributed by atoms with Gasteiger partial charge < -0.3 is 10.4 Å². The number of amides is 1. The Morgan fingerprint density at radius 1 is 1.67 bits per heavy atom. The van der Waals surface area contributed by atoms with Crippen molar-refractivity contribution in [2.45, 2.75) is 38.8 Å². The van der Waals surface area contributed by atoms with Crippen molar-refractivity contribution in [3.8, 4) is 0 Å². The van der Waals surface area contributed by atoms with Gasteiger partial charge in [0, 0.05) is 31.4 Å².